The monoisotopic (exact) mass is 370 g/mol. The Hall–Kier alpha value is -2.47. The van der Waals surface area contributed by atoms with Gasteiger partial charge in [0.25, 0.3) is 0 Å². The number of benzene rings is 2. The van der Waals surface area contributed by atoms with Gasteiger partial charge >= 0.3 is 0 Å². The number of nitrogens with one attached hydrogen (secondary N) is 1. The van der Waals surface area contributed by atoms with Crippen LogP contribution in [0.4, 0.5) is 5.69 Å². The van der Waals surface area contributed by atoms with Crippen LogP contribution < -0.4 is 24.4 Å². The van der Waals surface area contributed by atoms with Crippen molar-refractivity contribution in [3.63, 3.8) is 0 Å². The lowest BCUT2D eigenvalue weighted by atomic mass is 9.90. The lowest BCUT2D eigenvalue weighted by Crippen LogP contribution is -2.65. The predicted molar refractivity (Wildman–Crippen MR) is 105 cm³/mol. The number of thiocarbonyl (C=S) groups is 1. The Labute approximate surface area is 158 Å². The number of ether oxygens (including phenoxy) is 3. The van der Waals surface area contributed by atoms with Crippen molar-refractivity contribution in [2.24, 2.45) is 0 Å². The molecule has 2 heterocycles. The van der Waals surface area contributed by atoms with Crippen LogP contribution in [0.5, 0.6) is 17.2 Å². The molecule has 1 saturated heterocycles. The highest BCUT2D eigenvalue weighted by Crippen LogP contribution is 2.50. The number of para-hydroxylation sites is 3. The van der Waals surface area contributed by atoms with Crippen molar-refractivity contribution in [2.45, 2.75) is 32.0 Å². The molecule has 2 aromatic rings. The summed E-state index contributed by atoms with van der Waals surface area (Å²) >= 11 is 5.70. The minimum atomic E-state index is -0.637. The van der Waals surface area contributed by atoms with E-state index in [1.165, 1.54) is 0 Å². The van der Waals surface area contributed by atoms with Gasteiger partial charge in [-0.1, -0.05) is 24.3 Å². The Morgan fingerprint density at radius 1 is 1.23 bits per heavy atom. The third-order valence-corrected chi connectivity index (χ3v) is 5.19. The highest BCUT2D eigenvalue weighted by molar-refractivity contribution is 7.80. The Kier molecular flexibility index (Phi) is 4.15. The molecule has 2 aliphatic rings. The maximum atomic E-state index is 6.53. The van der Waals surface area contributed by atoms with E-state index in [1.807, 2.05) is 48.2 Å². The summed E-state index contributed by atoms with van der Waals surface area (Å²) in [7, 11) is 1.66. The molecule has 2 atom stereocenters. The lowest BCUT2D eigenvalue weighted by Gasteiger charge is -2.52. The van der Waals surface area contributed by atoms with Gasteiger partial charge < -0.3 is 19.5 Å². The first-order valence-corrected chi connectivity index (χ1v) is 9.16. The van der Waals surface area contributed by atoms with Gasteiger partial charge in [-0.25, -0.2) is 0 Å². The molecule has 2 aromatic carbocycles. The molecule has 0 spiro atoms. The first-order chi connectivity index (χ1) is 12.6. The van der Waals surface area contributed by atoms with E-state index in [0.29, 0.717) is 11.7 Å². The van der Waals surface area contributed by atoms with Crippen molar-refractivity contribution in [1.82, 2.24) is 5.32 Å². The maximum absolute atomic E-state index is 6.53. The SMILES string of the molecule is CCOc1cccc2c1OC1(C)CC2NC(=S)N1c1ccccc1OC. The van der Waals surface area contributed by atoms with Crippen LogP contribution in [-0.2, 0) is 0 Å². The molecule has 0 radical (unpaired) electrons. The van der Waals surface area contributed by atoms with Gasteiger partial charge in [-0.15, -0.1) is 0 Å². The fraction of sp³-hybridized carbons (Fsp3) is 0.350. The van der Waals surface area contributed by atoms with Crippen LogP contribution in [0.3, 0.4) is 0 Å². The van der Waals surface area contributed by atoms with Gasteiger partial charge in [-0.2, -0.15) is 0 Å². The van der Waals surface area contributed by atoms with E-state index in [2.05, 4.69) is 18.3 Å². The summed E-state index contributed by atoms with van der Waals surface area (Å²) in [6.07, 6.45) is 0.758. The van der Waals surface area contributed by atoms with E-state index in [-0.39, 0.29) is 6.04 Å². The zero-order chi connectivity index (χ0) is 18.3. The summed E-state index contributed by atoms with van der Waals surface area (Å²) in [6.45, 7) is 4.62. The summed E-state index contributed by atoms with van der Waals surface area (Å²) < 4.78 is 17.9. The topological polar surface area (TPSA) is 43.0 Å². The highest BCUT2D eigenvalue weighted by Gasteiger charge is 2.49. The number of rotatable bonds is 4. The van der Waals surface area contributed by atoms with E-state index in [4.69, 9.17) is 26.4 Å². The van der Waals surface area contributed by atoms with Crippen LogP contribution in [0, 0.1) is 0 Å². The lowest BCUT2D eigenvalue weighted by molar-refractivity contribution is 0.0453. The van der Waals surface area contributed by atoms with Gasteiger partial charge in [-0.05, 0) is 44.3 Å². The molecule has 5 nitrogen and oxygen atoms in total. The number of hydrogen-bond donors (Lipinski definition) is 1. The van der Waals surface area contributed by atoms with E-state index >= 15 is 0 Å². The van der Waals surface area contributed by atoms with Crippen molar-refractivity contribution >= 4 is 23.0 Å². The average molecular weight is 370 g/mol. The van der Waals surface area contributed by atoms with Crippen molar-refractivity contribution in [3.05, 3.63) is 48.0 Å². The summed E-state index contributed by atoms with van der Waals surface area (Å²) in [5.41, 5.74) is 1.32. The summed E-state index contributed by atoms with van der Waals surface area (Å²) in [5, 5.41) is 4.09. The predicted octanol–water partition coefficient (Wildman–Crippen LogP) is 4.03. The zero-order valence-corrected chi connectivity index (χ0v) is 15.9. The second-order valence-electron chi connectivity index (χ2n) is 6.60. The number of anilines is 1. The Morgan fingerprint density at radius 2 is 2.00 bits per heavy atom. The average Bonchev–Trinajstić information content (AvgIpc) is 2.62. The molecule has 0 amide bonds. The molecular formula is C20H22N2O3S. The molecule has 26 heavy (non-hydrogen) atoms. The molecule has 136 valence electrons. The van der Waals surface area contributed by atoms with Crippen molar-refractivity contribution in [2.75, 3.05) is 18.6 Å². The van der Waals surface area contributed by atoms with E-state index in [0.717, 1.165) is 34.9 Å². The second kappa shape index (κ2) is 6.36. The van der Waals surface area contributed by atoms with Crippen molar-refractivity contribution < 1.29 is 14.2 Å². The minimum Gasteiger partial charge on any atom is -0.495 e. The maximum Gasteiger partial charge on any atom is 0.188 e. The van der Waals surface area contributed by atoms with Crippen LogP contribution in [0.25, 0.3) is 0 Å². The molecule has 4 rings (SSSR count). The van der Waals surface area contributed by atoms with Gasteiger partial charge in [0.05, 0.1) is 25.4 Å². The fourth-order valence-electron chi connectivity index (χ4n) is 3.81. The zero-order valence-electron chi connectivity index (χ0n) is 15.1. The number of methoxy groups -OCH3 is 1. The van der Waals surface area contributed by atoms with Gasteiger partial charge in [0, 0.05) is 12.0 Å². The number of nitrogens with zero attached hydrogens (tertiary/aromatic N) is 1. The molecule has 0 aliphatic carbocycles. The molecule has 6 heteroatoms. The molecular weight excluding hydrogens is 348 g/mol. The Morgan fingerprint density at radius 3 is 2.77 bits per heavy atom. The normalized spacial score (nSPS) is 23.6. The van der Waals surface area contributed by atoms with Crippen LogP contribution >= 0.6 is 12.2 Å². The first-order valence-electron chi connectivity index (χ1n) is 8.76. The van der Waals surface area contributed by atoms with Crippen LogP contribution in [-0.4, -0.2) is 24.6 Å². The Bertz CT molecular complexity index is 857. The van der Waals surface area contributed by atoms with Gasteiger partial charge in [0.15, 0.2) is 22.3 Å². The standard InChI is InChI=1S/C20H22N2O3S/c1-4-24-17-11-7-8-13-14-12-20(2,25-18(13)17)22(19(26)21-14)15-9-5-6-10-16(15)23-3/h5-11,14H,4,12H2,1-3H3,(H,21,26). The largest absolute Gasteiger partial charge is 0.495 e. The third-order valence-electron chi connectivity index (χ3n) is 4.89. The molecule has 0 aromatic heterocycles. The smallest absolute Gasteiger partial charge is 0.188 e. The van der Waals surface area contributed by atoms with Gasteiger partial charge in [-0.3, -0.25) is 4.90 Å². The minimum absolute atomic E-state index is 0.0858. The summed E-state index contributed by atoms with van der Waals surface area (Å²) in [6, 6.07) is 13.9. The quantitative estimate of drug-likeness (QED) is 0.820. The number of fused-ring (bicyclic) bond motifs is 4. The highest BCUT2D eigenvalue weighted by atomic mass is 32.1. The first kappa shape index (κ1) is 17.0. The molecule has 0 saturated carbocycles. The summed E-state index contributed by atoms with van der Waals surface area (Å²) in [4.78, 5) is 2.00. The van der Waals surface area contributed by atoms with Crippen LogP contribution in [0.2, 0.25) is 0 Å². The second-order valence-corrected chi connectivity index (χ2v) is 6.98. The van der Waals surface area contributed by atoms with E-state index in [1.54, 1.807) is 7.11 Å². The molecule has 1 N–H and O–H groups in total. The Balaban J connectivity index is 1.82. The van der Waals surface area contributed by atoms with Gasteiger partial charge in [0.2, 0.25) is 0 Å². The van der Waals surface area contributed by atoms with Gasteiger partial charge in [0.1, 0.15) is 5.75 Å². The van der Waals surface area contributed by atoms with Crippen LogP contribution in [0.1, 0.15) is 31.9 Å². The molecule has 2 aliphatic heterocycles. The summed E-state index contributed by atoms with van der Waals surface area (Å²) in [5.74, 6) is 2.29. The van der Waals surface area contributed by atoms with E-state index in [9.17, 15) is 0 Å². The molecule has 2 unspecified atom stereocenters. The van der Waals surface area contributed by atoms with E-state index < -0.39 is 5.72 Å². The molecule has 1 fully saturated rings. The molecule has 2 bridgehead atoms. The van der Waals surface area contributed by atoms with Crippen molar-refractivity contribution in [1.29, 1.82) is 0 Å². The van der Waals surface area contributed by atoms with Crippen molar-refractivity contribution in [3.8, 4) is 17.2 Å². The third kappa shape index (κ3) is 2.56. The fourth-order valence-corrected chi connectivity index (χ4v) is 4.24. The number of hydrogen-bond acceptors (Lipinski definition) is 4. The van der Waals surface area contributed by atoms with Crippen LogP contribution in [0.15, 0.2) is 42.5 Å².